The third kappa shape index (κ3) is 7.18. The van der Waals surface area contributed by atoms with Crippen LogP contribution in [0.15, 0.2) is 11.1 Å². The first-order chi connectivity index (χ1) is 18.4. The van der Waals surface area contributed by atoms with Crippen molar-refractivity contribution in [3.8, 4) is 0 Å². The fourth-order valence-electron chi connectivity index (χ4n) is 4.96. The lowest BCUT2D eigenvalue weighted by Crippen LogP contribution is -2.63. The fourth-order valence-corrected chi connectivity index (χ4v) is 4.96. The lowest BCUT2D eigenvalue weighted by Gasteiger charge is -2.45. The number of ether oxygens (including phenoxy) is 7. The molecule has 1 unspecified atom stereocenters. The van der Waals surface area contributed by atoms with Crippen LogP contribution in [0.4, 0.5) is 0 Å². The molecule has 0 aromatic heterocycles. The van der Waals surface area contributed by atoms with Gasteiger partial charge in [0.2, 0.25) is 6.29 Å². The first-order valence-corrected chi connectivity index (χ1v) is 13.1. The Labute approximate surface area is 233 Å². The van der Waals surface area contributed by atoms with Gasteiger partial charge in [-0.1, -0.05) is 5.57 Å². The van der Waals surface area contributed by atoms with Crippen LogP contribution in [-0.2, 0) is 57.1 Å². The van der Waals surface area contributed by atoms with E-state index in [1.54, 1.807) is 20.8 Å². The van der Waals surface area contributed by atoms with E-state index in [1.807, 2.05) is 18.7 Å². The lowest BCUT2D eigenvalue weighted by molar-refractivity contribution is -0.321. The minimum absolute atomic E-state index is 0.354. The molecular weight excluding hydrogens is 530 g/mol. The van der Waals surface area contributed by atoms with Crippen molar-refractivity contribution < 1.29 is 57.1 Å². The fraction of sp³-hybridized carbons (Fsp3) is 0.741. The summed E-state index contributed by atoms with van der Waals surface area (Å²) in [7, 11) is 0. The molecule has 0 spiro atoms. The maximum atomic E-state index is 13.2. The molecular formula is C27H39NO12. The van der Waals surface area contributed by atoms with Crippen molar-refractivity contribution in [3.05, 3.63) is 11.1 Å². The molecule has 0 N–H and O–H groups in total. The third-order valence-electron chi connectivity index (χ3n) is 6.75. The van der Waals surface area contributed by atoms with Crippen LogP contribution in [0.5, 0.6) is 0 Å². The molecule has 224 valence electrons. The molecule has 3 aliphatic rings. The van der Waals surface area contributed by atoms with Crippen molar-refractivity contribution >= 4 is 29.8 Å². The molecule has 0 radical (unpaired) electrons. The average molecular weight is 570 g/mol. The highest BCUT2D eigenvalue weighted by Gasteiger charge is 2.66. The second-order valence-corrected chi connectivity index (χ2v) is 11.4. The molecule has 3 rings (SSSR count). The van der Waals surface area contributed by atoms with Crippen LogP contribution in [-0.4, -0.2) is 96.0 Å². The molecule has 8 atom stereocenters. The van der Waals surface area contributed by atoms with Crippen molar-refractivity contribution in [1.82, 2.24) is 4.90 Å². The van der Waals surface area contributed by atoms with E-state index in [-0.39, 0.29) is 12.6 Å². The molecule has 2 saturated heterocycles. The summed E-state index contributed by atoms with van der Waals surface area (Å²) < 4.78 is 39.7. The number of carbonyl (C=O) groups is 5. The highest BCUT2D eigenvalue weighted by molar-refractivity contribution is 5.86. The summed E-state index contributed by atoms with van der Waals surface area (Å²) in [6.45, 7) is 13.7. The van der Waals surface area contributed by atoms with E-state index < -0.39 is 72.0 Å². The largest absolute Gasteiger partial charge is 0.463 e. The molecule has 2 fully saturated rings. The van der Waals surface area contributed by atoms with Gasteiger partial charge in [0, 0.05) is 34.2 Å². The van der Waals surface area contributed by atoms with Gasteiger partial charge in [0.15, 0.2) is 18.3 Å². The Bertz CT molecular complexity index is 1080. The molecule has 3 heterocycles. The molecule has 3 aliphatic heterocycles. The Kier molecular flexibility index (Phi) is 9.32. The molecule has 13 heteroatoms. The predicted octanol–water partition coefficient (Wildman–Crippen LogP) is 1.55. The van der Waals surface area contributed by atoms with Crippen LogP contribution in [0.3, 0.4) is 0 Å². The van der Waals surface area contributed by atoms with Gasteiger partial charge in [0.25, 0.3) is 0 Å². The molecule has 0 aromatic carbocycles. The van der Waals surface area contributed by atoms with Gasteiger partial charge in [-0.25, -0.2) is 4.79 Å². The Morgan fingerprint density at radius 1 is 0.875 bits per heavy atom. The topological polar surface area (TPSA) is 153 Å². The summed E-state index contributed by atoms with van der Waals surface area (Å²) in [4.78, 5) is 62.8. The Hall–Kier alpha value is -3.03. The minimum Gasteiger partial charge on any atom is -0.463 e. The smallest absolute Gasteiger partial charge is 0.328 e. The summed E-state index contributed by atoms with van der Waals surface area (Å²) in [5, 5.41) is 0. The average Bonchev–Trinajstić information content (AvgIpc) is 3.52. The summed E-state index contributed by atoms with van der Waals surface area (Å²) in [5.41, 5.74) is 0.0972. The predicted molar refractivity (Wildman–Crippen MR) is 135 cm³/mol. The van der Waals surface area contributed by atoms with E-state index in [0.717, 1.165) is 31.9 Å². The lowest BCUT2D eigenvalue weighted by atomic mass is 9.92. The van der Waals surface area contributed by atoms with Crippen LogP contribution in [0.25, 0.3) is 0 Å². The number of hydrogen-bond acceptors (Lipinski definition) is 13. The van der Waals surface area contributed by atoms with Crippen molar-refractivity contribution in [3.63, 3.8) is 0 Å². The maximum Gasteiger partial charge on any atom is 0.328 e. The summed E-state index contributed by atoms with van der Waals surface area (Å²) in [6, 6.07) is 0. The minimum atomic E-state index is -1.37. The van der Waals surface area contributed by atoms with Crippen molar-refractivity contribution in [2.24, 2.45) is 0 Å². The van der Waals surface area contributed by atoms with Crippen LogP contribution in [0.1, 0.15) is 68.7 Å². The van der Waals surface area contributed by atoms with E-state index in [1.165, 1.54) is 6.92 Å². The van der Waals surface area contributed by atoms with Gasteiger partial charge in [-0.3, -0.25) is 24.1 Å². The van der Waals surface area contributed by atoms with E-state index in [4.69, 9.17) is 33.2 Å². The van der Waals surface area contributed by atoms with Crippen molar-refractivity contribution in [2.75, 3.05) is 13.2 Å². The normalized spacial score (nSPS) is 33.3. The standard InChI is InChI=1S/C27H39NO12/c1-13-10-27(25(33)40-26(7,8)9)12-28(27)23(14(13)2)39-24-22(37-18(6)32)21(36-17(5)31)20(35-16(4)30)19(38-24)11-34-15(3)29/h19-24H,10-12H2,1-9H3/t19-,20-,21+,22-,23+,24+,27+,28?/m1/s1. The third-order valence-corrected chi connectivity index (χ3v) is 6.75. The number of nitrogens with zero attached hydrogens (tertiary/aromatic N) is 1. The second kappa shape index (κ2) is 11.8. The summed E-state index contributed by atoms with van der Waals surface area (Å²) in [5.74, 6) is -3.22. The molecule has 40 heavy (non-hydrogen) atoms. The maximum absolute atomic E-state index is 13.2. The van der Waals surface area contributed by atoms with E-state index in [9.17, 15) is 24.0 Å². The monoisotopic (exact) mass is 569 g/mol. The number of rotatable bonds is 8. The zero-order valence-corrected chi connectivity index (χ0v) is 24.4. The van der Waals surface area contributed by atoms with E-state index in [2.05, 4.69) is 0 Å². The van der Waals surface area contributed by atoms with Crippen molar-refractivity contribution in [2.45, 2.75) is 117 Å². The number of fused-ring (bicyclic) bond motifs is 1. The van der Waals surface area contributed by atoms with Gasteiger partial charge in [-0.2, -0.15) is 0 Å². The Morgan fingerprint density at radius 3 is 1.95 bits per heavy atom. The highest BCUT2D eigenvalue weighted by Crippen LogP contribution is 2.49. The van der Waals surface area contributed by atoms with Crippen LogP contribution in [0, 0.1) is 0 Å². The van der Waals surface area contributed by atoms with Crippen LogP contribution >= 0.6 is 0 Å². The number of carbonyl (C=O) groups excluding carboxylic acids is 5. The zero-order valence-electron chi connectivity index (χ0n) is 24.4. The van der Waals surface area contributed by atoms with Gasteiger partial charge in [-0.15, -0.1) is 0 Å². The molecule has 0 bridgehead atoms. The first kappa shape index (κ1) is 31.5. The van der Waals surface area contributed by atoms with Crippen LogP contribution in [0.2, 0.25) is 0 Å². The summed E-state index contributed by atoms with van der Waals surface area (Å²) in [6.07, 6.45) is -6.88. The highest BCUT2D eigenvalue weighted by atomic mass is 16.7. The first-order valence-electron chi connectivity index (χ1n) is 13.1. The van der Waals surface area contributed by atoms with Crippen molar-refractivity contribution in [1.29, 1.82) is 0 Å². The summed E-state index contributed by atoms with van der Waals surface area (Å²) >= 11 is 0. The van der Waals surface area contributed by atoms with E-state index in [0.29, 0.717) is 13.0 Å². The molecule has 0 amide bonds. The van der Waals surface area contributed by atoms with Gasteiger partial charge < -0.3 is 33.2 Å². The second-order valence-electron chi connectivity index (χ2n) is 11.4. The Balaban J connectivity index is 1.98. The van der Waals surface area contributed by atoms with Gasteiger partial charge in [0.1, 0.15) is 30.1 Å². The molecule has 13 nitrogen and oxygen atoms in total. The Morgan fingerprint density at radius 2 is 1.43 bits per heavy atom. The van der Waals surface area contributed by atoms with Crippen LogP contribution < -0.4 is 0 Å². The molecule has 0 aliphatic carbocycles. The zero-order chi connectivity index (χ0) is 30.2. The SMILES string of the molecule is CC(=O)OC[C@H]1O[C@@H](O[C@H]2C(C)=C(C)C[C@@]3(C(=O)OC(C)(C)C)CN23)[C@H](OC(C)=O)[C@@H](OC(C)=O)[C@@H]1OC(C)=O. The number of esters is 5. The van der Waals surface area contributed by atoms with Gasteiger partial charge in [0.05, 0.1) is 0 Å². The molecule has 0 saturated carbocycles. The van der Waals surface area contributed by atoms with E-state index >= 15 is 0 Å². The quantitative estimate of drug-likeness (QED) is 0.180. The molecule has 0 aromatic rings. The van der Waals surface area contributed by atoms with Gasteiger partial charge >= 0.3 is 29.8 Å². The van der Waals surface area contributed by atoms with Gasteiger partial charge in [-0.05, 0) is 46.6 Å². The number of hydrogen-bond donors (Lipinski definition) is 0.